The van der Waals surface area contributed by atoms with Crippen LogP contribution in [-0.2, 0) is 6.42 Å². The molecule has 16 heavy (non-hydrogen) atoms. The van der Waals surface area contributed by atoms with Gasteiger partial charge in [-0.2, -0.15) is 0 Å². The molecule has 0 radical (unpaired) electrons. The van der Waals surface area contributed by atoms with E-state index in [4.69, 9.17) is 4.42 Å². The van der Waals surface area contributed by atoms with Crippen molar-refractivity contribution in [1.82, 2.24) is 4.98 Å². The Hall–Kier alpha value is -0.830. The third-order valence-corrected chi connectivity index (χ3v) is 4.35. The molecule has 0 amide bonds. The van der Waals surface area contributed by atoms with E-state index in [1.54, 1.807) is 0 Å². The van der Waals surface area contributed by atoms with Gasteiger partial charge in [0.15, 0.2) is 11.5 Å². The maximum absolute atomic E-state index is 5.71. The van der Waals surface area contributed by atoms with Gasteiger partial charge in [-0.25, -0.2) is 4.98 Å². The van der Waals surface area contributed by atoms with Gasteiger partial charge < -0.3 is 4.42 Å². The Kier molecular flexibility index (Phi) is 2.51. The first kappa shape index (κ1) is 10.3. The molecule has 1 fully saturated rings. The van der Waals surface area contributed by atoms with Gasteiger partial charge >= 0.3 is 0 Å². The number of fused-ring (bicyclic) bond motifs is 1. The highest BCUT2D eigenvalue weighted by atomic mass is 79.9. The van der Waals surface area contributed by atoms with Gasteiger partial charge in [-0.15, -0.1) is 0 Å². The third kappa shape index (κ3) is 1.88. The lowest BCUT2D eigenvalue weighted by Gasteiger charge is -2.04. The van der Waals surface area contributed by atoms with Crippen molar-refractivity contribution < 1.29 is 4.42 Å². The quantitative estimate of drug-likeness (QED) is 0.799. The number of hydrogen-bond acceptors (Lipinski definition) is 2. The van der Waals surface area contributed by atoms with E-state index in [0.29, 0.717) is 4.83 Å². The van der Waals surface area contributed by atoms with Gasteiger partial charge in [0.25, 0.3) is 0 Å². The number of halogens is 1. The topological polar surface area (TPSA) is 26.0 Å². The molecule has 1 aromatic carbocycles. The number of nitrogens with zero attached hydrogens (tertiary/aromatic N) is 1. The summed E-state index contributed by atoms with van der Waals surface area (Å²) in [6.07, 6.45) is 2.22. The molecule has 1 aliphatic rings. The van der Waals surface area contributed by atoms with E-state index < -0.39 is 0 Å². The summed E-state index contributed by atoms with van der Waals surface area (Å²) in [5.74, 6) is 2.51. The summed E-state index contributed by atoms with van der Waals surface area (Å²) in [7, 11) is 0. The fourth-order valence-corrected chi connectivity index (χ4v) is 3.19. The summed E-state index contributed by atoms with van der Waals surface area (Å²) in [4.78, 5) is 5.00. The summed E-state index contributed by atoms with van der Waals surface area (Å²) in [6.45, 7) is 2.30. The molecule has 3 atom stereocenters. The van der Waals surface area contributed by atoms with Crippen LogP contribution in [0.15, 0.2) is 28.7 Å². The molecule has 0 saturated heterocycles. The molecule has 0 spiro atoms. The Labute approximate surface area is 103 Å². The van der Waals surface area contributed by atoms with Crippen molar-refractivity contribution >= 4 is 27.0 Å². The van der Waals surface area contributed by atoms with E-state index in [-0.39, 0.29) is 0 Å². The lowest BCUT2D eigenvalue weighted by atomic mass is 10.2. The van der Waals surface area contributed by atoms with Crippen LogP contribution in [0.5, 0.6) is 0 Å². The van der Waals surface area contributed by atoms with Crippen LogP contribution in [0.1, 0.15) is 19.2 Å². The van der Waals surface area contributed by atoms with Crippen LogP contribution in [0, 0.1) is 11.8 Å². The zero-order chi connectivity index (χ0) is 11.1. The van der Waals surface area contributed by atoms with E-state index in [9.17, 15) is 0 Å². The van der Waals surface area contributed by atoms with E-state index in [1.165, 1.54) is 6.42 Å². The lowest BCUT2D eigenvalue weighted by Crippen LogP contribution is -2.06. The molecule has 0 aliphatic heterocycles. The maximum atomic E-state index is 5.71. The highest BCUT2D eigenvalue weighted by molar-refractivity contribution is 9.09. The van der Waals surface area contributed by atoms with Crippen LogP contribution >= 0.6 is 15.9 Å². The summed E-state index contributed by atoms with van der Waals surface area (Å²) < 4.78 is 5.71. The number of benzene rings is 1. The van der Waals surface area contributed by atoms with Crippen molar-refractivity contribution in [3.8, 4) is 0 Å². The molecule has 3 unspecified atom stereocenters. The Morgan fingerprint density at radius 3 is 2.94 bits per heavy atom. The van der Waals surface area contributed by atoms with Gasteiger partial charge in [0, 0.05) is 11.2 Å². The van der Waals surface area contributed by atoms with Gasteiger partial charge in [0.05, 0.1) is 0 Å². The molecule has 3 rings (SSSR count). The summed E-state index contributed by atoms with van der Waals surface area (Å²) in [5, 5.41) is 0. The number of rotatable bonds is 3. The second-order valence-electron chi connectivity index (χ2n) is 4.67. The van der Waals surface area contributed by atoms with E-state index in [1.807, 2.05) is 24.3 Å². The van der Waals surface area contributed by atoms with E-state index >= 15 is 0 Å². The summed E-state index contributed by atoms with van der Waals surface area (Å²) >= 11 is 3.74. The number of oxazole rings is 1. The fourth-order valence-electron chi connectivity index (χ4n) is 2.18. The molecule has 1 aliphatic carbocycles. The summed E-state index contributed by atoms with van der Waals surface area (Å²) in [6, 6.07) is 7.93. The number of aromatic nitrogens is 1. The van der Waals surface area contributed by atoms with Crippen LogP contribution in [-0.4, -0.2) is 9.81 Å². The zero-order valence-electron chi connectivity index (χ0n) is 9.19. The van der Waals surface area contributed by atoms with Gasteiger partial charge in [-0.1, -0.05) is 35.0 Å². The number of para-hydroxylation sites is 2. The highest BCUT2D eigenvalue weighted by Crippen LogP contribution is 2.44. The minimum Gasteiger partial charge on any atom is -0.441 e. The first-order valence-electron chi connectivity index (χ1n) is 5.72. The zero-order valence-corrected chi connectivity index (χ0v) is 10.8. The van der Waals surface area contributed by atoms with E-state index in [2.05, 4.69) is 27.8 Å². The Morgan fingerprint density at radius 2 is 2.25 bits per heavy atom. The molecule has 1 aromatic heterocycles. The fraction of sp³-hybridized carbons (Fsp3) is 0.462. The molecule has 2 aromatic rings. The first-order valence-corrected chi connectivity index (χ1v) is 6.64. The van der Waals surface area contributed by atoms with Crippen molar-refractivity contribution in [2.24, 2.45) is 11.8 Å². The molecular weight excluding hydrogens is 266 g/mol. The third-order valence-electron chi connectivity index (χ3n) is 3.34. The molecule has 84 valence electrons. The maximum Gasteiger partial charge on any atom is 0.196 e. The van der Waals surface area contributed by atoms with Crippen molar-refractivity contribution in [2.45, 2.75) is 24.6 Å². The van der Waals surface area contributed by atoms with Gasteiger partial charge in [0.2, 0.25) is 0 Å². The average molecular weight is 280 g/mol. The molecule has 2 nitrogen and oxygen atoms in total. The predicted molar refractivity (Wildman–Crippen MR) is 67.7 cm³/mol. The normalized spacial score (nSPS) is 25.9. The standard InChI is InChI=1S/C13H14BrNO/c1-8-6-9(8)10(14)7-13-15-11-4-2-3-5-12(11)16-13/h2-5,8-10H,6-7H2,1H3. The van der Waals surface area contributed by atoms with Crippen LogP contribution in [0.4, 0.5) is 0 Å². The van der Waals surface area contributed by atoms with Crippen LogP contribution in [0.25, 0.3) is 11.1 Å². The van der Waals surface area contributed by atoms with Crippen molar-refractivity contribution in [2.75, 3.05) is 0 Å². The molecule has 1 saturated carbocycles. The largest absolute Gasteiger partial charge is 0.441 e. The van der Waals surface area contributed by atoms with Crippen LogP contribution < -0.4 is 0 Å². The highest BCUT2D eigenvalue weighted by Gasteiger charge is 2.38. The number of hydrogen-bond donors (Lipinski definition) is 0. The molecule has 0 bridgehead atoms. The monoisotopic (exact) mass is 279 g/mol. The average Bonchev–Trinajstić information content (AvgIpc) is 2.87. The molecular formula is C13H14BrNO. The molecule has 3 heteroatoms. The van der Waals surface area contributed by atoms with Crippen molar-refractivity contribution in [3.63, 3.8) is 0 Å². The van der Waals surface area contributed by atoms with Crippen molar-refractivity contribution in [1.29, 1.82) is 0 Å². The Morgan fingerprint density at radius 1 is 1.50 bits per heavy atom. The first-order chi connectivity index (χ1) is 7.74. The van der Waals surface area contributed by atoms with Gasteiger partial charge in [0.1, 0.15) is 5.52 Å². The second-order valence-corrected chi connectivity index (χ2v) is 5.85. The van der Waals surface area contributed by atoms with E-state index in [0.717, 1.165) is 35.2 Å². The Bertz CT molecular complexity index is 474. The predicted octanol–water partition coefficient (Wildman–Crippen LogP) is 3.79. The number of alkyl halides is 1. The smallest absolute Gasteiger partial charge is 0.196 e. The SMILES string of the molecule is CC1CC1C(Br)Cc1nc2ccccc2o1. The van der Waals surface area contributed by atoms with Crippen LogP contribution in [0.3, 0.4) is 0 Å². The minimum atomic E-state index is 0.510. The van der Waals surface area contributed by atoms with Gasteiger partial charge in [-0.05, 0) is 30.4 Å². The summed E-state index contributed by atoms with van der Waals surface area (Å²) in [5.41, 5.74) is 1.85. The molecule has 0 N–H and O–H groups in total. The molecule has 1 heterocycles. The van der Waals surface area contributed by atoms with Gasteiger partial charge in [-0.3, -0.25) is 0 Å². The minimum absolute atomic E-state index is 0.510. The lowest BCUT2D eigenvalue weighted by molar-refractivity contribution is 0.512. The van der Waals surface area contributed by atoms with Crippen LogP contribution in [0.2, 0.25) is 0 Å². The second kappa shape index (κ2) is 3.88. The Balaban J connectivity index is 1.79. The van der Waals surface area contributed by atoms with Crippen molar-refractivity contribution in [3.05, 3.63) is 30.2 Å².